The molecule has 0 aliphatic heterocycles. The molecule has 3 nitrogen and oxygen atoms in total. The molecule has 0 N–H and O–H groups in total. The van der Waals surface area contributed by atoms with Crippen molar-refractivity contribution in [3.63, 3.8) is 0 Å². The van der Waals surface area contributed by atoms with Crippen LogP contribution < -0.4 is 0 Å². The normalized spacial score (nSPS) is 11.4. The van der Waals surface area contributed by atoms with Crippen molar-refractivity contribution in [3.8, 4) is 0 Å². The fraction of sp³-hybridized carbons (Fsp3) is 0.917. The minimum absolute atomic E-state index is 0.121. The van der Waals surface area contributed by atoms with E-state index in [0.29, 0.717) is 0 Å². The van der Waals surface area contributed by atoms with Crippen LogP contribution in [0.5, 0.6) is 0 Å². The maximum absolute atomic E-state index is 12.5. The van der Waals surface area contributed by atoms with Gasteiger partial charge in [0, 0.05) is 13.1 Å². The third kappa shape index (κ3) is 27.1. The zero-order valence-corrected chi connectivity index (χ0v) is 27.3. The van der Waals surface area contributed by atoms with E-state index in [1.807, 2.05) is 0 Å². The van der Waals surface area contributed by atoms with Crippen LogP contribution in [-0.2, 0) is 4.79 Å². The largest absolute Gasteiger partial charge is 0.339 e. The molecule has 0 rings (SSSR count). The number of hydrogen-bond donors (Lipinski definition) is 0. The molecule has 0 aromatic rings. The van der Waals surface area contributed by atoms with Gasteiger partial charge in [-0.15, -0.1) is 0 Å². The summed E-state index contributed by atoms with van der Waals surface area (Å²) in [6.07, 6.45) is 35.3. The first-order valence-corrected chi connectivity index (χ1v) is 17.8. The minimum atomic E-state index is 0.121. The van der Waals surface area contributed by atoms with E-state index in [1.54, 1.807) is 0 Å². The van der Waals surface area contributed by atoms with E-state index < -0.39 is 0 Å². The zero-order valence-electron chi connectivity index (χ0n) is 27.3. The molecule has 232 valence electrons. The highest BCUT2D eigenvalue weighted by Crippen LogP contribution is 2.13. The van der Waals surface area contributed by atoms with E-state index in [-0.39, 0.29) is 5.91 Å². The number of carbonyl (C=O) groups is 1. The smallest absolute Gasteiger partial charge is 0.245 e. The van der Waals surface area contributed by atoms with Crippen LogP contribution in [0.2, 0.25) is 0 Å². The van der Waals surface area contributed by atoms with Crippen molar-refractivity contribution >= 4 is 5.91 Å². The lowest BCUT2D eigenvalue weighted by Gasteiger charge is -2.26. The number of carbonyl (C=O) groups excluding carboxylic acids is 1. The molecule has 0 radical (unpaired) electrons. The average Bonchev–Trinajstić information content (AvgIpc) is 2.95. The van der Waals surface area contributed by atoms with E-state index in [0.717, 1.165) is 32.5 Å². The number of unbranched alkanes of at least 4 members (excludes halogenated alkanes) is 21. The molecule has 0 heterocycles. The van der Waals surface area contributed by atoms with Gasteiger partial charge in [-0.2, -0.15) is 0 Å². The van der Waals surface area contributed by atoms with Crippen LogP contribution in [-0.4, -0.2) is 48.4 Å². The predicted molar refractivity (Wildman–Crippen MR) is 176 cm³/mol. The first-order chi connectivity index (χ1) is 19.2. The standard InChI is InChI=1S/C36H72N2O/c1-5-9-12-15-18-21-24-27-31-37(32-28-25-22-19-16-13-10-6-2)33-30-35-38(36(39)8-4)34-29-26-23-20-17-14-11-7-3/h8H,4-7,9-35H2,1-3H3. The van der Waals surface area contributed by atoms with Crippen molar-refractivity contribution in [2.45, 2.75) is 181 Å². The number of amides is 1. The maximum Gasteiger partial charge on any atom is 0.245 e. The van der Waals surface area contributed by atoms with Crippen LogP contribution in [0.4, 0.5) is 0 Å². The molecule has 3 heteroatoms. The Morgan fingerprint density at radius 3 is 1.08 bits per heavy atom. The fourth-order valence-electron chi connectivity index (χ4n) is 5.66. The maximum atomic E-state index is 12.5. The number of hydrogen-bond acceptors (Lipinski definition) is 2. The summed E-state index contributed by atoms with van der Waals surface area (Å²) in [5, 5.41) is 0. The Hall–Kier alpha value is -0.830. The second kappa shape index (κ2) is 31.7. The third-order valence-corrected chi connectivity index (χ3v) is 8.33. The monoisotopic (exact) mass is 549 g/mol. The Kier molecular flexibility index (Phi) is 31.0. The molecule has 0 aromatic carbocycles. The average molecular weight is 549 g/mol. The lowest BCUT2D eigenvalue weighted by Crippen LogP contribution is -2.34. The molecular formula is C36H72N2O. The molecule has 0 saturated heterocycles. The van der Waals surface area contributed by atoms with Crippen molar-refractivity contribution in [1.29, 1.82) is 0 Å². The molecule has 0 saturated carbocycles. The van der Waals surface area contributed by atoms with Crippen molar-refractivity contribution in [1.82, 2.24) is 9.80 Å². The summed E-state index contributed by atoms with van der Waals surface area (Å²) in [5.41, 5.74) is 0. The second-order valence-electron chi connectivity index (χ2n) is 12.1. The predicted octanol–water partition coefficient (Wildman–Crippen LogP) is 11.1. The molecule has 0 aliphatic rings. The van der Waals surface area contributed by atoms with Crippen LogP contribution in [0.15, 0.2) is 12.7 Å². The summed E-state index contributed by atoms with van der Waals surface area (Å²) in [6, 6.07) is 0. The summed E-state index contributed by atoms with van der Waals surface area (Å²) in [7, 11) is 0. The summed E-state index contributed by atoms with van der Waals surface area (Å²) in [5.74, 6) is 0.121. The van der Waals surface area contributed by atoms with Crippen LogP contribution in [0.1, 0.15) is 181 Å². The Bertz CT molecular complexity index is 486. The van der Waals surface area contributed by atoms with Crippen LogP contribution >= 0.6 is 0 Å². The molecular weight excluding hydrogens is 476 g/mol. The minimum Gasteiger partial charge on any atom is -0.339 e. The van der Waals surface area contributed by atoms with Crippen molar-refractivity contribution in [2.75, 3.05) is 32.7 Å². The van der Waals surface area contributed by atoms with Gasteiger partial charge in [0.25, 0.3) is 0 Å². The number of rotatable bonds is 32. The van der Waals surface area contributed by atoms with Gasteiger partial charge in [-0.1, -0.05) is 162 Å². The van der Waals surface area contributed by atoms with Gasteiger partial charge in [0.05, 0.1) is 0 Å². The lowest BCUT2D eigenvalue weighted by molar-refractivity contribution is -0.126. The second-order valence-corrected chi connectivity index (χ2v) is 12.1. The quantitative estimate of drug-likeness (QED) is 0.0616. The first-order valence-electron chi connectivity index (χ1n) is 17.8. The summed E-state index contributed by atoms with van der Waals surface area (Å²) in [4.78, 5) is 17.3. The van der Waals surface area contributed by atoms with Gasteiger partial charge in [-0.3, -0.25) is 4.79 Å². The molecule has 0 spiro atoms. The highest BCUT2D eigenvalue weighted by molar-refractivity contribution is 5.86. The molecule has 0 fully saturated rings. The Labute approximate surface area is 247 Å². The van der Waals surface area contributed by atoms with Crippen LogP contribution in [0, 0.1) is 0 Å². The Morgan fingerprint density at radius 1 is 0.436 bits per heavy atom. The van der Waals surface area contributed by atoms with Gasteiger partial charge < -0.3 is 9.80 Å². The van der Waals surface area contributed by atoms with Gasteiger partial charge in [0.1, 0.15) is 0 Å². The summed E-state index contributed by atoms with van der Waals surface area (Å²) < 4.78 is 0. The van der Waals surface area contributed by atoms with E-state index in [1.165, 1.54) is 167 Å². The highest BCUT2D eigenvalue weighted by atomic mass is 16.2. The van der Waals surface area contributed by atoms with Crippen LogP contribution in [0.3, 0.4) is 0 Å². The molecule has 0 aliphatic carbocycles. The van der Waals surface area contributed by atoms with E-state index in [9.17, 15) is 4.79 Å². The SMILES string of the molecule is C=CC(=O)N(CCCCCCCCCC)CCCN(CCCCCCCCCC)CCCCCCCCCC. The molecule has 1 amide bonds. The van der Waals surface area contributed by atoms with Gasteiger partial charge in [-0.25, -0.2) is 0 Å². The van der Waals surface area contributed by atoms with Crippen molar-refractivity contribution in [3.05, 3.63) is 12.7 Å². The zero-order chi connectivity index (χ0) is 28.7. The van der Waals surface area contributed by atoms with E-state index in [4.69, 9.17) is 0 Å². The topological polar surface area (TPSA) is 23.6 Å². The number of nitrogens with zero attached hydrogens (tertiary/aromatic N) is 2. The van der Waals surface area contributed by atoms with Crippen molar-refractivity contribution in [2.24, 2.45) is 0 Å². The Balaban J connectivity index is 4.36. The molecule has 39 heavy (non-hydrogen) atoms. The van der Waals surface area contributed by atoms with Gasteiger partial charge in [0.2, 0.25) is 5.91 Å². The van der Waals surface area contributed by atoms with E-state index >= 15 is 0 Å². The molecule has 0 bridgehead atoms. The summed E-state index contributed by atoms with van der Waals surface area (Å²) >= 11 is 0. The van der Waals surface area contributed by atoms with Crippen molar-refractivity contribution < 1.29 is 4.79 Å². The van der Waals surface area contributed by atoms with Gasteiger partial charge in [-0.05, 0) is 51.4 Å². The fourth-order valence-corrected chi connectivity index (χ4v) is 5.66. The van der Waals surface area contributed by atoms with Crippen LogP contribution in [0.25, 0.3) is 0 Å². The Morgan fingerprint density at radius 2 is 0.718 bits per heavy atom. The van der Waals surface area contributed by atoms with Gasteiger partial charge >= 0.3 is 0 Å². The van der Waals surface area contributed by atoms with Gasteiger partial charge in [0.15, 0.2) is 0 Å². The third-order valence-electron chi connectivity index (χ3n) is 8.33. The molecule has 0 aromatic heterocycles. The van der Waals surface area contributed by atoms with E-state index in [2.05, 4.69) is 37.1 Å². The molecule has 0 unspecified atom stereocenters. The molecule has 0 atom stereocenters. The first kappa shape index (κ1) is 38.2. The summed E-state index contributed by atoms with van der Waals surface area (Å²) in [6.45, 7) is 16.0. The highest BCUT2D eigenvalue weighted by Gasteiger charge is 2.11. The lowest BCUT2D eigenvalue weighted by atomic mass is 10.1.